The summed E-state index contributed by atoms with van der Waals surface area (Å²) in [6.45, 7) is 1.67. The molecule has 96 valence electrons. The standard InChI is InChI=1S/C11H12N2O4S/c1-8(10-3-2-6-17-10)13-18(15,16)9-4-5-11(14)12-7-9/h2-8,13H,1H3,(H,12,14). The minimum atomic E-state index is -3.68. The summed E-state index contributed by atoms with van der Waals surface area (Å²) in [5.74, 6) is 0.517. The van der Waals surface area contributed by atoms with Gasteiger partial charge < -0.3 is 9.40 Å². The topological polar surface area (TPSA) is 92.2 Å². The van der Waals surface area contributed by atoms with Crippen molar-refractivity contribution in [3.05, 3.63) is 52.8 Å². The van der Waals surface area contributed by atoms with E-state index in [-0.39, 0.29) is 10.5 Å². The van der Waals surface area contributed by atoms with E-state index in [1.807, 2.05) is 0 Å². The van der Waals surface area contributed by atoms with Gasteiger partial charge in [0, 0.05) is 12.3 Å². The van der Waals surface area contributed by atoms with Crippen LogP contribution in [0.1, 0.15) is 18.7 Å². The molecule has 2 aromatic heterocycles. The fourth-order valence-corrected chi connectivity index (χ4v) is 2.64. The van der Waals surface area contributed by atoms with E-state index in [9.17, 15) is 13.2 Å². The van der Waals surface area contributed by atoms with Crippen LogP contribution in [0.15, 0.2) is 50.8 Å². The highest BCUT2D eigenvalue weighted by atomic mass is 32.2. The molecule has 2 aromatic rings. The van der Waals surface area contributed by atoms with E-state index in [1.165, 1.54) is 12.3 Å². The van der Waals surface area contributed by atoms with Crippen molar-refractivity contribution in [2.75, 3.05) is 0 Å². The minimum absolute atomic E-state index is 0.000469. The summed E-state index contributed by atoms with van der Waals surface area (Å²) in [7, 11) is -3.68. The summed E-state index contributed by atoms with van der Waals surface area (Å²) in [5, 5.41) is 0. The van der Waals surface area contributed by atoms with Crippen molar-refractivity contribution in [3.8, 4) is 0 Å². The lowest BCUT2D eigenvalue weighted by Crippen LogP contribution is -2.27. The Kier molecular flexibility index (Phi) is 3.35. The van der Waals surface area contributed by atoms with Crippen LogP contribution in [0.5, 0.6) is 0 Å². The molecular formula is C11H12N2O4S. The van der Waals surface area contributed by atoms with Crippen molar-refractivity contribution in [2.45, 2.75) is 17.9 Å². The van der Waals surface area contributed by atoms with Crippen LogP contribution in [0, 0.1) is 0 Å². The number of aromatic amines is 1. The predicted molar refractivity (Wildman–Crippen MR) is 64.5 cm³/mol. The molecule has 0 saturated heterocycles. The SMILES string of the molecule is CC(NS(=O)(=O)c1ccc(=O)[nH]c1)c1ccco1. The first-order valence-electron chi connectivity index (χ1n) is 5.23. The first-order valence-corrected chi connectivity index (χ1v) is 6.72. The zero-order chi connectivity index (χ0) is 13.2. The number of nitrogens with one attached hydrogen (secondary N) is 2. The van der Waals surface area contributed by atoms with E-state index in [4.69, 9.17) is 4.42 Å². The van der Waals surface area contributed by atoms with Crippen LogP contribution in [0.25, 0.3) is 0 Å². The summed E-state index contributed by atoms with van der Waals surface area (Å²) in [4.78, 5) is 13.2. The number of pyridine rings is 1. The largest absolute Gasteiger partial charge is 0.468 e. The van der Waals surface area contributed by atoms with Gasteiger partial charge in [-0.15, -0.1) is 0 Å². The van der Waals surface area contributed by atoms with Crippen LogP contribution in [0.4, 0.5) is 0 Å². The van der Waals surface area contributed by atoms with Crippen molar-refractivity contribution in [3.63, 3.8) is 0 Å². The number of sulfonamides is 1. The average Bonchev–Trinajstić information content (AvgIpc) is 2.82. The van der Waals surface area contributed by atoms with E-state index >= 15 is 0 Å². The molecule has 6 nitrogen and oxygen atoms in total. The molecule has 0 aliphatic carbocycles. The highest BCUT2D eigenvalue weighted by Crippen LogP contribution is 2.16. The van der Waals surface area contributed by atoms with Gasteiger partial charge in [0.05, 0.1) is 17.2 Å². The van der Waals surface area contributed by atoms with E-state index < -0.39 is 16.1 Å². The van der Waals surface area contributed by atoms with Crippen LogP contribution in [-0.2, 0) is 10.0 Å². The van der Waals surface area contributed by atoms with Gasteiger partial charge in [-0.25, -0.2) is 13.1 Å². The first-order chi connectivity index (χ1) is 8.49. The van der Waals surface area contributed by atoms with Gasteiger partial charge in [0.25, 0.3) is 0 Å². The zero-order valence-electron chi connectivity index (χ0n) is 9.58. The molecule has 0 amide bonds. The molecule has 0 bridgehead atoms. The maximum Gasteiger partial charge on any atom is 0.247 e. The van der Waals surface area contributed by atoms with Crippen LogP contribution in [-0.4, -0.2) is 13.4 Å². The fraction of sp³-hybridized carbons (Fsp3) is 0.182. The third kappa shape index (κ3) is 2.69. The third-order valence-electron chi connectivity index (χ3n) is 2.37. The molecule has 2 N–H and O–H groups in total. The minimum Gasteiger partial charge on any atom is -0.468 e. The molecule has 0 aliphatic heterocycles. The number of furan rings is 1. The number of hydrogen-bond donors (Lipinski definition) is 2. The second-order valence-electron chi connectivity index (χ2n) is 3.75. The molecule has 2 heterocycles. The van der Waals surface area contributed by atoms with Crippen molar-refractivity contribution in [1.29, 1.82) is 0 Å². The van der Waals surface area contributed by atoms with Crippen LogP contribution < -0.4 is 10.3 Å². The van der Waals surface area contributed by atoms with Crippen LogP contribution in [0.3, 0.4) is 0 Å². The maximum atomic E-state index is 12.0. The zero-order valence-corrected chi connectivity index (χ0v) is 10.4. The predicted octanol–water partition coefficient (Wildman–Crippen LogP) is 1.01. The van der Waals surface area contributed by atoms with Gasteiger partial charge in [-0.3, -0.25) is 4.79 Å². The normalized spacial score (nSPS) is 13.4. The molecule has 0 spiro atoms. The van der Waals surface area contributed by atoms with Gasteiger partial charge >= 0.3 is 0 Å². The van der Waals surface area contributed by atoms with Crippen LogP contribution in [0.2, 0.25) is 0 Å². The Labute approximate surface area is 104 Å². The Hall–Kier alpha value is -1.86. The Balaban J connectivity index is 2.22. The molecule has 18 heavy (non-hydrogen) atoms. The van der Waals surface area contributed by atoms with Gasteiger partial charge in [-0.1, -0.05) is 0 Å². The lowest BCUT2D eigenvalue weighted by molar-refractivity contribution is 0.459. The number of rotatable bonds is 4. The summed E-state index contributed by atoms with van der Waals surface area (Å²) in [5.41, 5.74) is -0.354. The van der Waals surface area contributed by atoms with Crippen molar-refractivity contribution >= 4 is 10.0 Å². The Morgan fingerprint density at radius 2 is 2.11 bits per heavy atom. The highest BCUT2D eigenvalue weighted by molar-refractivity contribution is 7.89. The summed E-state index contributed by atoms with van der Waals surface area (Å²) in [6.07, 6.45) is 2.62. The summed E-state index contributed by atoms with van der Waals surface area (Å²) in [6, 6.07) is 5.28. The number of hydrogen-bond acceptors (Lipinski definition) is 4. The van der Waals surface area contributed by atoms with Gasteiger partial charge in [-0.2, -0.15) is 0 Å². The van der Waals surface area contributed by atoms with Crippen molar-refractivity contribution in [2.24, 2.45) is 0 Å². The lowest BCUT2D eigenvalue weighted by atomic mass is 10.3. The molecule has 0 aromatic carbocycles. The van der Waals surface area contributed by atoms with E-state index in [2.05, 4.69) is 9.71 Å². The molecule has 7 heteroatoms. The Morgan fingerprint density at radius 1 is 1.33 bits per heavy atom. The molecular weight excluding hydrogens is 256 g/mol. The molecule has 2 rings (SSSR count). The molecule has 0 fully saturated rings. The highest BCUT2D eigenvalue weighted by Gasteiger charge is 2.19. The van der Waals surface area contributed by atoms with Gasteiger partial charge in [0.2, 0.25) is 15.6 Å². The van der Waals surface area contributed by atoms with Crippen molar-refractivity contribution < 1.29 is 12.8 Å². The van der Waals surface area contributed by atoms with Gasteiger partial charge in [0.1, 0.15) is 5.76 Å². The Morgan fingerprint density at radius 3 is 2.67 bits per heavy atom. The lowest BCUT2D eigenvalue weighted by Gasteiger charge is -2.11. The van der Waals surface area contributed by atoms with Crippen LogP contribution >= 0.6 is 0 Å². The monoisotopic (exact) mass is 268 g/mol. The maximum absolute atomic E-state index is 12.0. The van der Waals surface area contributed by atoms with E-state index in [1.54, 1.807) is 19.1 Å². The molecule has 1 atom stereocenters. The smallest absolute Gasteiger partial charge is 0.247 e. The third-order valence-corrected chi connectivity index (χ3v) is 3.91. The average molecular weight is 268 g/mol. The van der Waals surface area contributed by atoms with Gasteiger partial charge in [-0.05, 0) is 25.1 Å². The number of H-pyrrole nitrogens is 1. The Bertz CT molecular complexity index is 653. The second kappa shape index (κ2) is 4.79. The summed E-state index contributed by atoms with van der Waals surface area (Å²) >= 11 is 0. The first kappa shape index (κ1) is 12.6. The quantitative estimate of drug-likeness (QED) is 0.865. The molecule has 1 unspecified atom stereocenters. The van der Waals surface area contributed by atoms with Crippen molar-refractivity contribution in [1.82, 2.24) is 9.71 Å². The van der Waals surface area contributed by atoms with Gasteiger partial charge in [0.15, 0.2) is 0 Å². The molecule has 0 radical (unpaired) electrons. The molecule has 0 aliphatic rings. The summed E-state index contributed by atoms with van der Waals surface area (Å²) < 4.78 is 31.5. The molecule has 0 saturated carbocycles. The fourth-order valence-electron chi connectivity index (χ4n) is 1.46. The van der Waals surface area contributed by atoms with E-state index in [0.29, 0.717) is 5.76 Å². The second-order valence-corrected chi connectivity index (χ2v) is 5.46. The number of aromatic nitrogens is 1. The van der Waals surface area contributed by atoms with E-state index in [0.717, 1.165) is 12.3 Å².